The lowest BCUT2D eigenvalue weighted by Gasteiger charge is -2.37. The molecule has 5 unspecified atom stereocenters. The number of rotatable bonds is 2. The van der Waals surface area contributed by atoms with Crippen LogP contribution < -0.4 is 0 Å². The summed E-state index contributed by atoms with van der Waals surface area (Å²) in [6.07, 6.45) is 2.66. The standard InChI is InChI=1S/C17H26.CH5P/c1-6-12(3)16-10-13(4)14(5)17-9-11(2)7-8-15(16)17;1-2/h7-9,12-14,16H,6,10H2,1-5H3;2H2,1H3. The van der Waals surface area contributed by atoms with Gasteiger partial charge in [0.1, 0.15) is 0 Å². The molecule has 0 saturated carbocycles. The molecule has 2 rings (SSSR count). The van der Waals surface area contributed by atoms with E-state index >= 15 is 0 Å². The molecule has 0 spiro atoms. The van der Waals surface area contributed by atoms with Gasteiger partial charge in [0.2, 0.25) is 0 Å². The van der Waals surface area contributed by atoms with Crippen LogP contribution in [0.15, 0.2) is 18.2 Å². The van der Waals surface area contributed by atoms with Crippen molar-refractivity contribution in [3.05, 3.63) is 34.9 Å². The molecule has 1 aliphatic rings. The zero-order chi connectivity index (χ0) is 14.6. The lowest BCUT2D eigenvalue weighted by Crippen LogP contribution is -2.24. The molecule has 1 aliphatic carbocycles. The first-order valence-corrected chi connectivity index (χ1v) is 8.88. The predicted molar refractivity (Wildman–Crippen MR) is 91.2 cm³/mol. The molecule has 0 bridgehead atoms. The summed E-state index contributed by atoms with van der Waals surface area (Å²) < 4.78 is 0. The van der Waals surface area contributed by atoms with Crippen molar-refractivity contribution in [1.29, 1.82) is 0 Å². The number of benzene rings is 1. The molecule has 0 fully saturated rings. The van der Waals surface area contributed by atoms with Gasteiger partial charge in [-0.15, -0.1) is 9.24 Å². The second kappa shape index (κ2) is 7.44. The molecule has 0 N–H and O–H groups in total. The number of fused-ring (bicyclic) bond motifs is 1. The van der Waals surface area contributed by atoms with E-state index in [0.717, 1.165) is 23.7 Å². The Morgan fingerprint density at radius 2 is 1.84 bits per heavy atom. The molecule has 0 amide bonds. The van der Waals surface area contributed by atoms with Gasteiger partial charge in [-0.3, -0.25) is 0 Å². The minimum absolute atomic E-state index is 0.727. The Morgan fingerprint density at radius 3 is 2.42 bits per heavy atom. The molecule has 0 nitrogen and oxygen atoms in total. The lowest BCUT2D eigenvalue weighted by atomic mass is 9.67. The van der Waals surface area contributed by atoms with Crippen LogP contribution in [0.25, 0.3) is 0 Å². The van der Waals surface area contributed by atoms with Crippen LogP contribution in [0.4, 0.5) is 0 Å². The zero-order valence-electron chi connectivity index (χ0n) is 13.5. The molecule has 0 heterocycles. The maximum atomic E-state index is 2.42. The summed E-state index contributed by atoms with van der Waals surface area (Å²) in [4.78, 5) is 0. The van der Waals surface area contributed by atoms with Gasteiger partial charge in [0, 0.05) is 0 Å². The summed E-state index contributed by atoms with van der Waals surface area (Å²) in [7, 11) is 2.42. The lowest BCUT2D eigenvalue weighted by molar-refractivity contribution is 0.310. The average Bonchev–Trinajstić information content (AvgIpc) is 2.44. The van der Waals surface area contributed by atoms with Crippen molar-refractivity contribution >= 4 is 9.24 Å². The SMILES string of the molecule is CCC(C)C1CC(C)C(C)c2cc(C)ccc21.CP. The molecule has 0 aliphatic heterocycles. The Labute approximate surface area is 122 Å². The third-order valence-corrected chi connectivity index (χ3v) is 4.94. The summed E-state index contributed by atoms with van der Waals surface area (Å²) in [5, 5.41) is 0. The quantitative estimate of drug-likeness (QED) is 0.603. The monoisotopic (exact) mass is 278 g/mol. The number of aryl methyl sites for hydroxylation is 1. The van der Waals surface area contributed by atoms with Crippen molar-refractivity contribution in [2.75, 3.05) is 6.66 Å². The van der Waals surface area contributed by atoms with Crippen LogP contribution >= 0.6 is 9.24 Å². The molecule has 1 aromatic carbocycles. The summed E-state index contributed by atoms with van der Waals surface area (Å²) >= 11 is 0. The fraction of sp³-hybridized carbons (Fsp3) is 0.667. The highest BCUT2D eigenvalue weighted by atomic mass is 31.0. The first-order chi connectivity index (χ1) is 9.04. The smallest absolute Gasteiger partial charge is 0.0131 e. The third-order valence-electron chi connectivity index (χ3n) is 4.94. The highest BCUT2D eigenvalue weighted by molar-refractivity contribution is 7.15. The minimum Gasteiger partial charge on any atom is -0.141 e. The molecular weight excluding hydrogens is 247 g/mol. The Hall–Kier alpha value is -0.350. The van der Waals surface area contributed by atoms with Gasteiger partial charge in [-0.25, -0.2) is 0 Å². The van der Waals surface area contributed by atoms with E-state index in [1.807, 2.05) is 6.66 Å². The van der Waals surface area contributed by atoms with E-state index < -0.39 is 0 Å². The summed E-state index contributed by atoms with van der Waals surface area (Å²) in [5.74, 6) is 3.14. The average molecular weight is 278 g/mol. The molecule has 0 aromatic heterocycles. The first-order valence-electron chi connectivity index (χ1n) is 7.72. The van der Waals surface area contributed by atoms with Gasteiger partial charge in [0.05, 0.1) is 0 Å². The van der Waals surface area contributed by atoms with Crippen LogP contribution in [0, 0.1) is 18.8 Å². The molecular formula is C18H31P. The summed E-state index contributed by atoms with van der Waals surface area (Å²) in [6.45, 7) is 13.7. The van der Waals surface area contributed by atoms with Crippen molar-refractivity contribution < 1.29 is 0 Å². The number of hydrogen-bond donors (Lipinski definition) is 0. The van der Waals surface area contributed by atoms with Gasteiger partial charge < -0.3 is 0 Å². The zero-order valence-corrected chi connectivity index (χ0v) is 14.7. The maximum Gasteiger partial charge on any atom is -0.0131 e. The summed E-state index contributed by atoms with van der Waals surface area (Å²) in [5.41, 5.74) is 4.66. The Balaban J connectivity index is 0.000000861. The van der Waals surface area contributed by atoms with Crippen molar-refractivity contribution in [2.45, 2.75) is 59.3 Å². The Kier molecular flexibility index (Phi) is 6.54. The highest BCUT2D eigenvalue weighted by Crippen LogP contribution is 2.46. The predicted octanol–water partition coefficient (Wildman–Crippen LogP) is 5.76. The third kappa shape index (κ3) is 3.60. The largest absolute Gasteiger partial charge is 0.141 e. The molecule has 0 radical (unpaired) electrons. The maximum absolute atomic E-state index is 2.42. The fourth-order valence-corrected chi connectivity index (χ4v) is 3.29. The van der Waals surface area contributed by atoms with Crippen molar-refractivity contribution in [2.24, 2.45) is 11.8 Å². The highest BCUT2D eigenvalue weighted by Gasteiger charge is 2.32. The van der Waals surface area contributed by atoms with E-state index in [1.54, 1.807) is 11.1 Å². The Morgan fingerprint density at radius 1 is 1.21 bits per heavy atom. The van der Waals surface area contributed by atoms with Gasteiger partial charge in [0.25, 0.3) is 0 Å². The van der Waals surface area contributed by atoms with Gasteiger partial charge >= 0.3 is 0 Å². The molecule has 1 heteroatoms. The van der Waals surface area contributed by atoms with Crippen LogP contribution in [0.5, 0.6) is 0 Å². The van der Waals surface area contributed by atoms with Gasteiger partial charge in [-0.1, -0.05) is 64.5 Å². The molecule has 108 valence electrons. The van der Waals surface area contributed by atoms with Crippen LogP contribution in [0.1, 0.15) is 69.1 Å². The molecule has 0 saturated heterocycles. The van der Waals surface area contributed by atoms with E-state index in [4.69, 9.17) is 0 Å². The molecule has 19 heavy (non-hydrogen) atoms. The normalized spacial score (nSPS) is 27.0. The van der Waals surface area contributed by atoms with E-state index in [2.05, 4.69) is 62.1 Å². The molecule has 1 aromatic rings. The van der Waals surface area contributed by atoms with Crippen molar-refractivity contribution in [3.63, 3.8) is 0 Å². The van der Waals surface area contributed by atoms with Gasteiger partial charge in [-0.05, 0) is 48.1 Å². The second-order valence-electron chi connectivity index (χ2n) is 6.13. The van der Waals surface area contributed by atoms with Crippen LogP contribution in [0.3, 0.4) is 0 Å². The van der Waals surface area contributed by atoms with Crippen LogP contribution in [-0.4, -0.2) is 6.66 Å². The second-order valence-corrected chi connectivity index (χ2v) is 6.13. The van der Waals surface area contributed by atoms with Gasteiger partial charge in [-0.2, -0.15) is 0 Å². The molecule has 5 atom stereocenters. The van der Waals surface area contributed by atoms with E-state index in [1.165, 1.54) is 18.4 Å². The fourth-order valence-electron chi connectivity index (χ4n) is 3.29. The van der Waals surface area contributed by atoms with Crippen molar-refractivity contribution in [3.8, 4) is 0 Å². The van der Waals surface area contributed by atoms with Crippen LogP contribution in [0.2, 0.25) is 0 Å². The minimum atomic E-state index is 0.727. The number of hydrogen-bond acceptors (Lipinski definition) is 0. The van der Waals surface area contributed by atoms with E-state index in [9.17, 15) is 0 Å². The van der Waals surface area contributed by atoms with E-state index in [0.29, 0.717) is 0 Å². The summed E-state index contributed by atoms with van der Waals surface area (Å²) in [6, 6.07) is 7.10. The topological polar surface area (TPSA) is 0 Å². The van der Waals surface area contributed by atoms with Crippen LogP contribution in [-0.2, 0) is 0 Å². The van der Waals surface area contributed by atoms with Gasteiger partial charge in [0.15, 0.2) is 0 Å². The van der Waals surface area contributed by atoms with Crippen molar-refractivity contribution in [1.82, 2.24) is 0 Å². The first kappa shape index (κ1) is 16.7. The Bertz CT molecular complexity index is 397. The van der Waals surface area contributed by atoms with E-state index in [-0.39, 0.29) is 0 Å².